The molecule has 4 nitrogen and oxygen atoms in total. The van der Waals surface area contributed by atoms with Gasteiger partial charge in [-0.15, -0.1) is 0 Å². The molecule has 24 heavy (non-hydrogen) atoms. The Morgan fingerprint density at radius 3 is 1.79 bits per heavy atom. The van der Waals surface area contributed by atoms with Gasteiger partial charge in [-0.05, 0) is 32.4 Å². The van der Waals surface area contributed by atoms with Crippen LogP contribution in [0.2, 0.25) is 0 Å². The zero-order chi connectivity index (χ0) is 16.0. The van der Waals surface area contributed by atoms with Crippen LogP contribution in [0.5, 0.6) is 0 Å². The molecule has 4 radical (unpaired) electrons. The van der Waals surface area contributed by atoms with E-state index in [2.05, 4.69) is 22.7 Å². The monoisotopic (exact) mass is 410 g/mol. The molecular weight excluding hydrogens is 378 g/mol. The third-order valence-corrected chi connectivity index (χ3v) is 4.04. The number of H-pyrrole nitrogens is 1. The summed E-state index contributed by atoms with van der Waals surface area (Å²) in [5.74, 6) is 0.491. The van der Waals surface area contributed by atoms with Gasteiger partial charge >= 0.3 is 0 Å². The molecule has 0 aliphatic heterocycles. The van der Waals surface area contributed by atoms with Crippen LogP contribution >= 0.6 is 0 Å². The first kappa shape index (κ1) is 26.4. The van der Waals surface area contributed by atoms with Crippen molar-refractivity contribution in [3.05, 3.63) is 22.2 Å². The first-order valence-electron chi connectivity index (χ1n) is 8.91. The number of aromatic amines is 1. The van der Waals surface area contributed by atoms with Crippen molar-refractivity contribution in [2.24, 2.45) is 0 Å². The Morgan fingerprint density at radius 1 is 1.04 bits per heavy atom. The molecule has 1 heterocycles. The summed E-state index contributed by atoms with van der Waals surface area (Å²) in [6.45, 7) is 4.62. The van der Waals surface area contributed by atoms with Gasteiger partial charge in [0.2, 0.25) is 0 Å². The van der Waals surface area contributed by atoms with Crippen LogP contribution in [-0.4, -0.2) is 26.3 Å². The number of ether oxygens (including phenoxy) is 1. The molecule has 2 fully saturated rings. The molecule has 0 atom stereocenters. The van der Waals surface area contributed by atoms with Gasteiger partial charge in [0.05, 0.1) is 6.10 Å². The summed E-state index contributed by atoms with van der Waals surface area (Å²) in [5, 5.41) is 2.08. The number of aromatic nitrogens is 1. The Kier molecular flexibility index (Phi) is 19.7. The standard InChI is InChI=1S/C8H16O.C6H12.C4H4NO2.B.Y/c1-2-9-8-6-4-3-5-7-8;1-2-4-6-5-3-1;1-3-2-4(6)5-7-3;;/h8H,2-7H2,1H3;1-6H2;1H3,(H,5,6);;/q;;-1;;. The van der Waals surface area contributed by atoms with E-state index >= 15 is 0 Å². The predicted molar refractivity (Wildman–Crippen MR) is 94.9 cm³/mol. The Labute approximate surface area is 174 Å². The summed E-state index contributed by atoms with van der Waals surface area (Å²) in [7, 11) is 0. The molecule has 1 aromatic rings. The van der Waals surface area contributed by atoms with Crippen molar-refractivity contribution >= 4 is 8.41 Å². The van der Waals surface area contributed by atoms with Crippen LogP contribution in [0, 0.1) is 13.0 Å². The summed E-state index contributed by atoms with van der Waals surface area (Å²) in [6.07, 6.45) is 16.4. The molecule has 1 N–H and O–H groups in total. The summed E-state index contributed by atoms with van der Waals surface area (Å²) in [4.78, 5) is 10.1. The molecule has 2 aliphatic carbocycles. The average Bonchev–Trinajstić information content (AvgIpc) is 2.95. The van der Waals surface area contributed by atoms with Crippen molar-refractivity contribution in [1.29, 1.82) is 0 Å². The average molecular weight is 410 g/mol. The molecule has 0 unspecified atom stereocenters. The molecule has 0 aromatic carbocycles. The summed E-state index contributed by atoms with van der Waals surface area (Å²) in [5.41, 5.74) is -0.308. The van der Waals surface area contributed by atoms with Crippen molar-refractivity contribution < 1.29 is 42.0 Å². The van der Waals surface area contributed by atoms with Gasteiger partial charge in [-0.2, -0.15) is 0 Å². The van der Waals surface area contributed by atoms with Crippen LogP contribution < -0.4 is 5.56 Å². The normalized spacial score (nSPS) is 17.1. The summed E-state index contributed by atoms with van der Waals surface area (Å²) in [6, 6.07) is 2.36. The Hall–Kier alpha value is 0.139. The number of hydrogen-bond donors (Lipinski definition) is 1. The van der Waals surface area contributed by atoms with Gasteiger partial charge in [-0.25, -0.2) is 5.16 Å². The van der Waals surface area contributed by atoms with Gasteiger partial charge < -0.3 is 20.1 Å². The summed E-state index contributed by atoms with van der Waals surface area (Å²) >= 11 is 0. The maximum absolute atomic E-state index is 10.1. The van der Waals surface area contributed by atoms with E-state index < -0.39 is 0 Å². The van der Waals surface area contributed by atoms with Crippen molar-refractivity contribution in [1.82, 2.24) is 5.16 Å². The molecule has 134 valence electrons. The van der Waals surface area contributed by atoms with Gasteiger partial charge in [-0.1, -0.05) is 57.8 Å². The fourth-order valence-electron chi connectivity index (χ4n) is 2.86. The number of nitrogens with one attached hydrogen (secondary N) is 1. The van der Waals surface area contributed by atoms with Crippen LogP contribution in [-0.2, 0) is 37.4 Å². The molecule has 2 saturated carbocycles. The zero-order valence-corrected chi connectivity index (χ0v) is 18.3. The zero-order valence-electron chi connectivity index (χ0n) is 15.4. The second-order valence-electron chi connectivity index (χ2n) is 6.05. The molecule has 1 aromatic heterocycles. The fraction of sp³-hybridized carbons (Fsp3) is 0.833. The quantitative estimate of drug-likeness (QED) is 0.582. The number of hydrogen-bond acceptors (Lipinski definition) is 3. The Morgan fingerprint density at radius 2 is 1.50 bits per heavy atom. The van der Waals surface area contributed by atoms with E-state index in [-0.39, 0.29) is 46.7 Å². The second-order valence-corrected chi connectivity index (χ2v) is 6.05. The minimum Gasteiger partial charge on any atom is -0.424 e. The largest absolute Gasteiger partial charge is 0.424 e. The minimum absolute atomic E-state index is 0. The van der Waals surface area contributed by atoms with Gasteiger partial charge in [0.25, 0.3) is 0 Å². The van der Waals surface area contributed by atoms with Crippen LogP contribution in [0.15, 0.2) is 9.32 Å². The van der Waals surface area contributed by atoms with E-state index in [9.17, 15) is 4.79 Å². The Balaban J connectivity index is 0. The van der Waals surface area contributed by atoms with Gasteiger partial charge in [-0.3, -0.25) is 0 Å². The predicted octanol–water partition coefficient (Wildman–Crippen LogP) is 4.39. The van der Waals surface area contributed by atoms with Gasteiger partial charge in [0.1, 0.15) is 5.56 Å². The smallest absolute Gasteiger partial charge is 0.102 e. The van der Waals surface area contributed by atoms with E-state index in [1.807, 2.05) is 0 Å². The molecule has 0 bridgehead atoms. The SMILES string of the molecule is C1CCCCC1.CCOC1CCCCC1.Cc1[c-]c(=O)[nH]o1.[B].[Y]. The molecular formula is C18H32BNO3Y-. The van der Waals surface area contributed by atoms with E-state index in [1.54, 1.807) is 6.92 Å². The molecule has 0 spiro atoms. The third kappa shape index (κ3) is 14.5. The number of aryl methyl sites for hydroxylation is 1. The fourth-order valence-corrected chi connectivity index (χ4v) is 2.86. The maximum Gasteiger partial charge on any atom is 0.102 e. The Bertz CT molecular complexity index is 398. The minimum atomic E-state index is -0.308. The van der Waals surface area contributed by atoms with Crippen LogP contribution in [0.3, 0.4) is 0 Å². The van der Waals surface area contributed by atoms with Crippen LogP contribution in [0.25, 0.3) is 0 Å². The van der Waals surface area contributed by atoms with Crippen LogP contribution in [0.4, 0.5) is 0 Å². The van der Waals surface area contributed by atoms with Crippen molar-refractivity contribution in [3.8, 4) is 0 Å². The molecule has 0 amide bonds. The molecule has 3 rings (SSSR count). The first-order valence-corrected chi connectivity index (χ1v) is 8.91. The third-order valence-electron chi connectivity index (χ3n) is 4.04. The topological polar surface area (TPSA) is 55.2 Å². The second kappa shape index (κ2) is 17.9. The van der Waals surface area contributed by atoms with E-state index in [0.29, 0.717) is 11.9 Å². The number of rotatable bonds is 2. The first-order chi connectivity index (χ1) is 10.7. The van der Waals surface area contributed by atoms with Crippen LogP contribution in [0.1, 0.15) is 83.3 Å². The molecule has 2 aliphatic rings. The summed E-state index contributed by atoms with van der Waals surface area (Å²) < 4.78 is 9.95. The van der Waals surface area contributed by atoms with Crippen molar-refractivity contribution in [3.63, 3.8) is 0 Å². The van der Waals surface area contributed by atoms with E-state index in [0.717, 1.165) is 6.61 Å². The van der Waals surface area contributed by atoms with Gasteiger partial charge in [0, 0.05) is 47.7 Å². The van der Waals surface area contributed by atoms with Crippen molar-refractivity contribution in [2.75, 3.05) is 6.61 Å². The van der Waals surface area contributed by atoms with E-state index in [1.165, 1.54) is 70.6 Å². The molecule has 0 saturated heterocycles. The maximum atomic E-state index is 10.1. The molecule has 6 heteroatoms. The van der Waals surface area contributed by atoms with Gasteiger partial charge in [0.15, 0.2) is 0 Å². The van der Waals surface area contributed by atoms with Crippen molar-refractivity contribution in [2.45, 2.75) is 90.6 Å². The van der Waals surface area contributed by atoms with E-state index in [4.69, 9.17) is 4.74 Å².